The lowest BCUT2D eigenvalue weighted by molar-refractivity contribution is 0.210. The Bertz CT molecular complexity index is 796. The second kappa shape index (κ2) is 9.67. The van der Waals surface area contributed by atoms with Crippen molar-refractivity contribution in [2.24, 2.45) is 10.8 Å². The van der Waals surface area contributed by atoms with Crippen molar-refractivity contribution in [2.75, 3.05) is 20.3 Å². The molecule has 0 bridgehead atoms. The number of hydrogen-bond acceptors (Lipinski definition) is 5. The first-order valence-electron chi connectivity index (χ1n) is 7.78. The van der Waals surface area contributed by atoms with Crippen LogP contribution in [0.1, 0.15) is 11.1 Å². The largest absolute Gasteiger partial charge is 0.493 e. The van der Waals surface area contributed by atoms with Crippen molar-refractivity contribution < 1.29 is 19.0 Å². The van der Waals surface area contributed by atoms with E-state index >= 15 is 0 Å². The van der Waals surface area contributed by atoms with Gasteiger partial charge in [0.2, 0.25) is 0 Å². The van der Waals surface area contributed by atoms with Gasteiger partial charge in [0.1, 0.15) is 19.0 Å². The van der Waals surface area contributed by atoms with Gasteiger partial charge in [-0.3, -0.25) is 0 Å². The van der Waals surface area contributed by atoms with Gasteiger partial charge in [-0.2, -0.15) is 5.10 Å². The highest BCUT2D eigenvalue weighted by molar-refractivity contribution is 9.10. The number of primary amides is 1. The molecule has 138 valence electrons. The molecule has 2 amide bonds. The number of rotatable bonds is 8. The Morgan fingerprint density at radius 1 is 1.27 bits per heavy atom. The van der Waals surface area contributed by atoms with Crippen LogP contribution in [-0.4, -0.2) is 32.6 Å². The Labute approximate surface area is 160 Å². The van der Waals surface area contributed by atoms with Gasteiger partial charge in [-0.1, -0.05) is 12.1 Å². The fourth-order valence-electron chi connectivity index (χ4n) is 2.13. The number of urea groups is 1. The first-order valence-corrected chi connectivity index (χ1v) is 8.57. The van der Waals surface area contributed by atoms with Gasteiger partial charge in [0.15, 0.2) is 11.5 Å². The van der Waals surface area contributed by atoms with E-state index in [-0.39, 0.29) is 0 Å². The van der Waals surface area contributed by atoms with E-state index in [9.17, 15) is 4.79 Å². The molecule has 0 saturated heterocycles. The molecule has 0 aliphatic carbocycles. The van der Waals surface area contributed by atoms with Crippen LogP contribution in [0, 0.1) is 6.92 Å². The van der Waals surface area contributed by atoms with E-state index < -0.39 is 6.03 Å². The van der Waals surface area contributed by atoms with Crippen LogP contribution < -0.4 is 25.4 Å². The predicted octanol–water partition coefficient (Wildman–Crippen LogP) is 3.23. The zero-order valence-corrected chi connectivity index (χ0v) is 16.1. The SMILES string of the molecule is COc1cc(/C=N\NC(N)=O)cc(Br)c1OCCOc1cccc(C)c1. The highest BCUT2D eigenvalue weighted by Crippen LogP contribution is 2.36. The van der Waals surface area contributed by atoms with Gasteiger partial charge in [-0.25, -0.2) is 10.2 Å². The fourth-order valence-corrected chi connectivity index (χ4v) is 2.71. The molecule has 2 aromatic rings. The first kappa shape index (κ1) is 19.6. The molecule has 0 radical (unpaired) electrons. The summed E-state index contributed by atoms with van der Waals surface area (Å²) in [6.07, 6.45) is 1.45. The van der Waals surface area contributed by atoms with Crippen molar-refractivity contribution in [2.45, 2.75) is 6.92 Å². The minimum absolute atomic E-state index is 0.347. The number of carbonyl (C=O) groups is 1. The van der Waals surface area contributed by atoms with Crippen LogP contribution in [0.2, 0.25) is 0 Å². The summed E-state index contributed by atoms with van der Waals surface area (Å²) in [4.78, 5) is 10.6. The lowest BCUT2D eigenvalue weighted by atomic mass is 10.2. The number of hydrazone groups is 1. The smallest absolute Gasteiger partial charge is 0.332 e. The maximum absolute atomic E-state index is 10.6. The number of ether oxygens (including phenoxy) is 3. The van der Waals surface area contributed by atoms with Gasteiger partial charge in [-0.05, 0) is 58.2 Å². The van der Waals surface area contributed by atoms with E-state index in [1.807, 2.05) is 31.2 Å². The summed E-state index contributed by atoms with van der Waals surface area (Å²) in [6.45, 7) is 2.75. The molecule has 2 rings (SSSR count). The quantitative estimate of drug-likeness (QED) is 0.388. The molecule has 0 aliphatic rings. The molecule has 0 atom stereocenters. The third kappa shape index (κ3) is 5.96. The summed E-state index contributed by atoms with van der Waals surface area (Å²) < 4.78 is 17.5. The van der Waals surface area contributed by atoms with Crippen molar-refractivity contribution in [3.05, 3.63) is 52.0 Å². The molecule has 2 aromatic carbocycles. The number of hydrogen-bond donors (Lipinski definition) is 2. The van der Waals surface area contributed by atoms with Gasteiger partial charge in [-0.15, -0.1) is 0 Å². The van der Waals surface area contributed by atoms with Crippen molar-refractivity contribution >= 4 is 28.2 Å². The Balaban J connectivity index is 1.97. The number of amides is 2. The summed E-state index contributed by atoms with van der Waals surface area (Å²) in [6, 6.07) is 10.6. The number of nitrogens with one attached hydrogen (secondary N) is 1. The van der Waals surface area contributed by atoms with Gasteiger partial charge < -0.3 is 19.9 Å². The van der Waals surface area contributed by atoms with Crippen molar-refractivity contribution in [1.82, 2.24) is 5.43 Å². The van der Waals surface area contributed by atoms with Gasteiger partial charge >= 0.3 is 6.03 Å². The van der Waals surface area contributed by atoms with Gasteiger partial charge in [0, 0.05) is 0 Å². The topological polar surface area (TPSA) is 95.2 Å². The molecule has 0 spiro atoms. The summed E-state index contributed by atoms with van der Waals surface area (Å²) in [5.41, 5.74) is 8.92. The molecule has 8 heteroatoms. The molecule has 3 N–H and O–H groups in total. The normalized spacial score (nSPS) is 10.6. The third-order valence-corrected chi connectivity index (χ3v) is 3.82. The second-order valence-corrected chi connectivity index (χ2v) is 6.14. The van der Waals surface area contributed by atoms with Crippen LogP contribution in [0.25, 0.3) is 0 Å². The third-order valence-electron chi connectivity index (χ3n) is 3.23. The number of carbonyl (C=O) groups excluding carboxylic acids is 1. The standard InChI is InChI=1S/C18H20BrN3O4/c1-12-4-3-5-14(8-12)25-6-7-26-17-15(19)9-13(10-16(17)24-2)11-21-22-18(20)23/h3-5,8-11H,6-7H2,1-2H3,(H3,20,22,23)/b21-11-. The molecular formula is C18H20BrN3O4. The summed E-state index contributed by atoms with van der Waals surface area (Å²) in [5, 5.41) is 3.72. The molecule has 0 aromatic heterocycles. The monoisotopic (exact) mass is 421 g/mol. The van der Waals surface area contributed by atoms with Crippen LogP contribution >= 0.6 is 15.9 Å². The van der Waals surface area contributed by atoms with E-state index in [0.29, 0.717) is 34.7 Å². The molecule has 0 fully saturated rings. The summed E-state index contributed by atoms with van der Waals surface area (Å²) in [7, 11) is 1.54. The van der Waals surface area contributed by atoms with Gasteiger partial charge in [0.05, 0.1) is 17.8 Å². The molecule has 7 nitrogen and oxygen atoms in total. The molecule has 0 aliphatic heterocycles. The van der Waals surface area contributed by atoms with Crippen LogP contribution in [-0.2, 0) is 0 Å². The average molecular weight is 422 g/mol. The van der Waals surface area contributed by atoms with Crippen LogP contribution in [0.15, 0.2) is 46.0 Å². The summed E-state index contributed by atoms with van der Waals surface area (Å²) in [5.74, 6) is 1.88. The molecule has 0 saturated carbocycles. The highest BCUT2D eigenvalue weighted by atomic mass is 79.9. The van der Waals surface area contributed by atoms with E-state index in [2.05, 4.69) is 26.5 Å². The van der Waals surface area contributed by atoms with E-state index in [1.165, 1.54) is 6.21 Å². The highest BCUT2D eigenvalue weighted by Gasteiger charge is 2.11. The minimum Gasteiger partial charge on any atom is -0.493 e. The van der Waals surface area contributed by atoms with Gasteiger partial charge in [0.25, 0.3) is 0 Å². The van der Waals surface area contributed by atoms with Crippen LogP contribution in [0.5, 0.6) is 17.2 Å². The van der Waals surface area contributed by atoms with Crippen molar-refractivity contribution in [3.8, 4) is 17.2 Å². The number of nitrogens with two attached hydrogens (primary N) is 1. The maximum Gasteiger partial charge on any atom is 0.332 e. The number of nitrogens with zero attached hydrogens (tertiary/aromatic N) is 1. The van der Waals surface area contributed by atoms with Crippen LogP contribution in [0.3, 0.4) is 0 Å². The summed E-state index contributed by atoms with van der Waals surface area (Å²) >= 11 is 3.45. The van der Waals surface area contributed by atoms with E-state index in [4.69, 9.17) is 19.9 Å². The lowest BCUT2D eigenvalue weighted by Crippen LogP contribution is -2.24. The molecule has 0 unspecified atom stereocenters. The van der Waals surface area contributed by atoms with Crippen molar-refractivity contribution in [1.29, 1.82) is 0 Å². The Morgan fingerprint density at radius 3 is 2.73 bits per heavy atom. The Kier molecular flexibility index (Phi) is 7.28. The van der Waals surface area contributed by atoms with Crippen LogP contribution in [0.4, 0.5) is 4.79 Å². The zero-order chi connectivity index (χ0) is 18.9. The molecule has 26 heavy (non-hydrogen) atoms. The molecule has 0 heterocycles. The van der Waals surface area contributed by atoms with Crippen molar-refractivity contribution in [3.63, 3.8) is 0 Å². The minimum atomic E-state index is -0.735. The Hall–Kier alpha value is -2.74. The maximum atomic E-state index is 10.6. The number of methoxy groups -OCH3 is 1. The average Bonchev–Trinajstić information content (AvgIpc) is 2.59. The predicted molar refractivity (Wildman–Crippen MR) is 103 cm³/mol. The number of aryl methyl sites for hydroxylation is 1. The lowest BCUT2D eigenvalue weighted by Gasteiger charge is -2.14. The van der Waals surface area contributed by atoms with E-state index in [1.54, 1.807) is 19.2 Å². The zero-order valence-electron chi connectivity index (χ0n) is 14.5. The van der Waals surface area contributed by atoms with E-state index in [0.717, 1.165) is 11.3 Å². The Morgan fingerprint density at radius 2 is 2.04 bits per heavy atom. The second-order valence-electron chi connectivity index (χ2n) is 5.28. The number of halogens is 1. The fraction of sp³-hybridized carbons (Fsp3) is 0.222. The molecular weight excluding hydrogens is 402 g/mol. The number of benzene rings is 2. The first-order chi connectivity index (χ1) is 12.5.